The summed E-state index contributed by atoms with van der Waals surface area (Å²) in [7, 11) is -2.03. The zero-order valence-electron chi connectivity index (χ0n) is 20.8. The van der Waals surface area contributed by atoms with E-state index in [1.165, 1.54) is 4.90 Å². The molecular formula is C24H30N4O5SSi. The fourth-order valence-corrected chi connectivity index (χ4v) is 7.28. The molecule has 2 aromatic rings. The van der Waals surface area contributed by atoms with Crippen molar-refractivity contribution in [1.29, 1.82) is 0 Å². The maximum absolute atomic E-state index is 13.9. The number of rotatable bonds is 5. The molecule has 3 aliphatic rings. The largest absolute Gasteiger partial charge is 0.417 e. The molecule has 4 heterocycles. The van der Waals surface area contributed by atoms with Crippen LogP contribution in [0.5, 0.6) is 0 Å². The number of ether oxygens (including phenoxy) is 1. The number of aliphatic hydroxyl groups is 1. The van der Waals surface area contributed by atoms with Crippen LogP contribution in [-0.4, -0.2) is 57.9 Å². The summed E-state index contributed by atoms with van der Waals surface area (Å²) < 4.78 is 21.3. The van der Waals surface area contributed by atoms with Crippen LogP contribution in [0.4, 0.5) is 11.4 Å². The highest BCUT2D eigenvalue weighted by Gasteiger charge is 2.77. The normalized spacial score (nSPS) is 32.5. The van der Waals surface area contributed by atoms with Gasteiger partial charge in [0.15, 0.2) is 8.32 Å². The lowest BCUT2D eigenvalue weighted by Gasteiger charge is -2.38. The summed E-state index contributed by atoms with van der Waals surface area (Å²) in [4.78, 5) is 32.3. The van der Waals surface area contributed by atoms with Gasteiger partial charge in [0.2, 0.25) is 17.5 Å². The Morgan fingerprint density at radius 2 is 1.91 bits per heavy atom. The van der Waals surface area contributed by atoms with E-state index in [4.69, 9.17) is 15.7 Å². The summed E-state index contributed by atoms with van der Waals surface area (Å²) >= 11 is 0.937. The summed E-state index contributed by atoms with van der Waals surface area (Å²) in [6.07, 6.45) is -0.161. The molecule has 11 heteroatoms. The molecule has 0 spiro atoms. The highest BCUT2D eigenvalue weighted by atomic mass is 32.1. The maximum Gasteiger partial charge on any atom is 0.240 e. The van der Waals surface area contributed by atoms with Gasteiger partial charge in [-0.1, -0.05) is 26.8 Å². The Bertz CT molecular complexity index is 1280. The molecular weight excluding hydrogens is 484 g/mol. The monoisotopic (exact) mass is 514 g/mol. The zero-order chi connectivity index (χ0) is 25.6. The number of imide groups is 1. The van der Waals surface area contributed by atoms with E-state index >= 15 is 0 Å². The molecule has 0 radical (unpaired) electrons. The first kappa shape index (κ1) is 24.5. The van der Waals surface area contributed by atoms with Gasteiger partial charge in [-0.3, -0.25) is 9.59 Å². The van der Waals surface area contributed by atoms with Crippen molar-refractivity contribution < 1.29 is 23.9 Å². The molecule has 5 rings (SSSR count). The fraction of sp³-hybridized carbons (Fsp3) is 0.625. The number of benzene rings is 1. The average molecular weight is 515 g/mol. The van der Waals surface area contributed by atoms with Crippen LogP contribution < -0.4 is 4.90 Å². The van der Waals surface area contributed by atoms with Crippen LogP contribution in [0.15, 0.2) is 12.1 Å². The fourth-order valence-electron chi connectivity index (χ4n) is 5.67. The van der Waals surface area contributed by atoms with Gasteiger partial charge < -0.3 is 14.3 Å². The average Bonchev–Trinajstić information content (AvgIpc) is 3.47. The summed E-state index contributed by atoms with van der Waals surface area (Å²) in [5, 5.41) is 11.0. The lowest BCUT2D eigenvalue weighted by molar-refractivity contribution is -0.134. The maximum atomic E-state index is 13.9. The molecule has 1 aromatic heterocycles. The van der Waals surface area contributed by atoms with Crippen molar-refractivity contribution in [3.05, 3.63) is 23.5 Å². The van der Waals surface area contributed by atoms with Gasteiger partial charge in [0.05, 0.1) is 47.5 Å². The zero-order valence-corrected chi connectivity index (χ0v) is 22.6. The number of aromatic nitrogens is 2. The summed E-state index contributed by atoms with van der Waals surface area (Å²) in [5.41, 5.74) is -0.738. The molecule has 3 aliphatic heterocycles. The Kier molecular flexibility index (Phi) is 5.33. The molecule has 3 fully saturated rings. The number of aliphatic hydroxyl groups excluding tert-OH is 1. The van der Waals surface area contributed by atoms with Gasteiger partial charge in [0, 0.05) is 13.0 Å². The van der Waals surface area contributed by atoms with Crippen molar-refractivity contribution in [2.24, 2.45) is 11.8 Å². The van der Waals surface area contributed by atoms with E-state index in [1.807, 2.05) is 0 Å². The molecule has 5 atom stereocenters. The topological polar surface area (TPSA) is 106 Å². The second kappa shape index (κ2) is 7.63. The SMILES string of the molecule is [C-]#[N+]c1ccc(N2C(=O)[C@@H]3[C@H](C2=O)C2(C)OC3(CCO[Si](C)(C)C(C)(C)C)C[C@H]2O)c2nsnc12. The quantitative estimate of drug-likeness (QED) is 0.364. The predicted octanol–water partition coefficient (Wildman–Crippen LogP) is 4.05. The smallest absolute Gasteiger partial charge is 0.240 e. The molecule has 35 heavy (non-hydrogen) atoms. The number of hydrogen-bond acceptors (Lipinski definition) is 8. The number of hydrogen-bond donors (Lipinski definition) is 1. The first-order valence-corrected chi connectivity index (χ1v) is 15.4. The van der Waals surface area contributed by atoms with E-state index in [0.717, 1.165) is 11.7 Å². The highest BCUT2D eigenvalue weighted by Crippen LogP contribution is 2.62. The molecule has 2 unspecified atom stereocenters. The molecule has 0 aliphatic carbocycles. The van der Waals surface area contributed by atoms with Crippen LogP contribution in [-0.2, 0) is 18.8 Å². The second-order valence-corrected chi connectivity index (χ2v) is 16.9. The van der Waals surface area contributed by atoms with Gasteiger partial charge in [0.25, 0.3) is 0 Å². The molecule has 9 nitrogen and oxygen atoms in total. The van der Waals surface area contributed by atoms with Gasteiger partial charge >= 0.3 is 0 Å². The lowest BCUT2D eigenvalue weighted by atomic mass is 9.66. The molecule has 1 N–H and O–H groups in total. The van der Waals surface area contributed by atoms with E-state index in [9.17, 15) is 14.7 Å². The van der Waals surface area contributed by atoms with Gasteiger partial charge in [0.1, 0.15) is 16.6 Å². The van der Waals surface area contributed by atoms with Crippen molar-refractivity contribution in [3.63, 3.8) is 0 Å². The van der Waals surface area contributed by atoms with E-state index < -0.39 is 43.4 Å². The first-order valence-electron chi connectivity index (χ1n) is 11.8. The summed E-state index contributed by atoms with van der Waals surface area (Å²) in [6, 6.07) is 3.15. The number of carbonyl (C=O) groups is 2. The summed E-state index contributed by atoms with van der Waals surface area (Å²) in [5.74, 6) is -2.27. The third-order valence-electron chi connectivity index (χ3n) is 8.64. The number of nitrogens with zero attached hydrogens (tertiary/aromatic N) is 4. The molecule has 1 aromatic carbocycles. The number of fused-ring (bicyclic) bond motifs is 6. The first-order chi connectivity index (χ1) is 16.3. The third-order valence-corrected chi connectivity index (χ3v) is 13.7. The van der Waals surface area contributed by atoms with Gasteiger partial charge in [-0.2, -0.15) is 8.75 Å². The van der Waals surface area contributed by atoms with Crippen LogP contribution in [0.3, 0.4) is 0 Å². The number of anilines is 1. The van der Waals surface area contributed by atoms with Crippen molar-refractivity contribution in [2.45, 2.75) is 76.0 Å². The lowest BCUT2D eigenvalue weighted by Crippen LogP contribution is -2.50. The number of carbonyl (C=O) groups excluding carboxylic acids is 2. The molecule has 186 valence electrons. The molecule has 2 bridgehead atoms. The predicted molar refractivity (Wildman–Crippen MR) is 134 cm³/mol. The molecule has 3 saturated heterocycles. The van der Waals surface area contributed by atoms with E-state index in [0.29, 0.717) is 35.4 Å². The minimum Gasteiger partial charge on any atom is -0.417 e. The van der Waals surface area contributed by atoms with Gasteiger partial charge in [-0.15, -0.1) is 0 Å². The van der Waals surface area contributed by atoms with Crippen LogP contribution in [0.25, 0.3) is 15.9 Å². The van der Waals surface area contributed by atoms with Crippen LogP contribution in [0.1, 0.15) is 40.5 Å². The van der Waals surface area contributed by atoms with Crippen molar-refractivity contribution in [3.8, 4) is 0 Å². The van der Waals surface area contributed by atoms with Crippen molar-refractivity contribution >= 4 is 54.3 Å². The van der Waals surface area contributed by atoms with Crippen LogP contribution in [0, 0.1) is 18.4 Å². The second-order valence-electron chi connectivity index (χ2n) is 11.6. The van der Waals surface area contributed by atoms with Gasteiger partial charge in [-0.25, -0.2) is 9.74 Å². The Morgan fingerprint density at radius 3 is 2.57 bits per heavy atom. The minimum absolute atomic E-state index is 0.0355. The van der Waals surface area contributed by atoms with Crippen molar-refractivity contribution in [2.75, 3.05) is 11.5 Å². The van der Waals surface area contributed by atoms with E-state index in [2.05, 4.69) is 47.5 Å². The van der Waals surface area contributed by atoms with Gasteiger partial charge in [-0.05, 0) is 37.5 Å². The Labute approximate surface area is 209 Å². The molecule has 2 amide bonds. The third kappa shape index (κ3) is 3.27. The van der Waals surface area contributed by atoms with Crippen molar-refractivity contribution in [1.82, 2.24) is 8.75 Å². The van der Waals surface area contributed by atoms with Crippen LogP contribution in [0.2, 0.25) is 18.1 Å². The Morgan fingerprint density at radius 1 is 1.26 bits per heavy atom. The van der Waals surface area contributed by atoms with E-state index in [-0.39, 0.29) is 17.4 Å². The standard InChI is InChI=1S/C24H30N4O5SSi/c1-22(2,3)35(6,7)32-11-10-24-12-15(29)23(4,33-24)16-17(24)21(31)28(20(16)30)14-9-8-13(25-5)18-19(14)27-34-26-18/h8-9,15-17,29H,10-12H2,1-4,6-7H3/t15-,16-,17+,23?,24?/m1/s1. The van der Waals surface area contributed by atoms with E-state index in [1.54, 1.807) is 19.1 Å². The Hall–Kier alpha value is -2.23. The number of amides is 2. The summed E-state index contributed by atoms with van der Waals surface area (Å²) in [6.45, 7) is 20.3. The van der Waals surface area contributed by atoms with Crippen LogP contribution >= 0.6 is 11.7 Å². The Balaban J connectivity index is 1.50. The minimum atomic E-state index is -2.03. The highest BCUT2D eigenvalue weighted by molar-refractivity contribution is 7.00. The molecule has 0 saturated carbocycles.